The van der Waals surface area contributed by atoms with Gasteiger partial charge in [0, 0.05) is 6.16 Å². The minimum absolute atomic E-state index is 0.201. The Morgan fingerprint density at radius 3 is 2.19 bits per heavy atom. The molecule has 4 N–H and O–H groups in total. The molecule has 0 heterocycles. The largest absolute Gasteiger partial charge is 0.464 e. The van der Waals surface area contributed by atoms with Crippen LogP contribution in [-0.4, -0.2) is 41.4 Å². The van der Waals surface area contributed by atoms with Gasteiger partial charge in [0.1, 0.15) is 6.04 Å². The number of hydrogen-bond donors (Lipinski definition) is 3. The van der Waals surface area contributed by atoms with Crippen molar-refractivity contribution in [3.8, 4) is 11.1 Å². The average molecular weight is 446 g/mol. The quantitative estimate of drug-likeness (QED) is 0.381. The number of carbonyl (C=O) groups excluding carboxylic acids is 2. The monoisotopic (exact) mass is 446 g/mol. The molecule has 1 amide bonds. The molecule has 0 aliphatic heterocycles. The summed E-state index contributed by atoms with van der Waals surface area (Å²) < 4.78 is 17.5. The van der Waals surface area contributed by atoms with Gasteiger partial charge in [-0.05, 0) is 43.9 Å². The van der Waals surface area contributed by atoms with Crippen LogP contribution >= 0.6 is 7.37 Å². The second-order valence-electron chi connectivity index (χ2n) is 7.63. The van der Waals surface area contributed by atoms with Crippen molar-refractivity contribution < 1.29 is 23.8 Å². The maximum absolute atomic E-state index is 12.9. The van der Waals surface area contributed by atoms with Crippen molar-refractivity contribution in [3.63, 3.8) is 0 Å². The number of carbonyl (C=O) groups is 2. The van der Waals surface area contributed by atoms with Crippen LogP contribution in [0, 0.1) is 5.92 Å². The number of esters is 1. The van der Waals surface area contributed by atoms with E-state index in [1.165, 1.54) is 13.8 Å². The number of hydrogen-bond acceptors (Lipinski definition) is 5. The van der Waals surface area contributed by atoms with E-state index >= 15 is 0 Å². The van der Waals surface area contributed by atoms with Gasteiger partial charge in [0.25, 0.3) is 0 Å². The predicted octanol–water partition coefficient (Wildman–Crippen LogP) is 3.16. The van der Waals surface area contributed by atoms with Crippen molar-refractivity contribution in [1.29, 1.82) is 0 Å². The third-order valence-electron chi connectivity index (χ3n) is 5.03. The lowest BCUT2D eigenvalue weighted by atomic mass is 9.97. The summed E-state index contributed by atoms with van der Waals surface area (Å²) in [6.07, 6.45) is -0.0276. The van der Waals surface area contributed by atoms with Gasteiger partial charge in [-0.1, -0.05) is 54.6 Å². The molecule has 2 aromatic rings. The molecule has 0 saturated carbocycles. The molecule has 0 fully saturated rings. The lowest BCUT2D eigenvalue weighted by Gasteiger charge is -2.23. The van der Waals surface area contributed by atoms with E-state index in [2.05, 4.69) is 5.32 Å². The fraction of sp³-hybridized carbons (Fsp3) is 0.391. The molecule has 0 radical (unpaired) electrons. The Morgan fingerprint density at radius 1 is 1.06 bits per heavy atom. The summed E-state index contributed by atoms with van der Waals surface area (Å²) in [6, 6.07) is 16.7. The Balaban J connectivity index is 2.19. The van der Waals surface area contributed by atoms with Crippen molar-refractivity contribution in [2.24, 2.45) is 11.7 Å². The topological polar surface area (TPSA) is 119 Å². The SMILES string of the molecule is CCOC(=O)C(C)NC(=O)C(Cc1ccc(-c2ccccc2)cc1)CP(=O)(O)C(C)N. The molecule has 7 nitrogen and oxygen atoms in total. The number of nitrogens with two attached hydrogens (primary N) is 1. The molecule has 0 bridgehead atoms. The lowest BCUT2D eigenvalue weighted by Crippen LogP contribution is -2.44. The molecule has 4 unspecified atom stereocenters. The minimum Gasteiger partial charge on any atom is -0.464 e. The Hall–Kier alpha value is -2.47. The van der Waals surface area contributed by atoms with Gasteiger partial charge >= 0.3 is 5.97 Å². The third kappa shape index (κ3) is 7.31. The summed E-state index contributed by atoms with van der Waals surface area (Å²) in [5, 5.41) is 2.60. The smallest absolute Gasteiger partial charge is 0.328 e. The summed E-state index contributed by atoms with van der Waals surface area (Å²) in [5.74, 6) is -2.81. The Morgan fingerprint density at radius 2 is 1.65 bits per heavy atom. The highest BCUT2D eigenvalue weighted by atomic mass is 31.2. The van der Waals surface area contributed by atoms with Gasteiger partial charge in [-0.15, -0.1) is 0 Å². The highest BCUT2D eigenvalue weighted by Gasteiger charge is 2.33. The zero-order chi connectivity index (χ0) is 23.0. The number of ether oxygens (including phenoxy) is 1. The lowest BCUT2D eigenvalue weighted by molar-refractivity contribution is -0.147. The van der Waals surface area contributed by atoms with Crippen LogP contribution in [0.15, 0.2) is 54.6 Å². The van der Waals surface area contributed by atoms with Gasteiger partial charge < -0.3 is 20.7 Å². The summed E-state index contributed by atoms with van der Waals surface area (Å²) in [4.78, 5) is 35.0. The van der Waals surface area contributed by atoms with Gasteiger partial charge in [0.05, 0.1) is 18.3 Å². The van der Waals surface area contributed by atoms with E-state index in [0.29, 0.717) is 0 Å². The van der Waals surface area contributed by atoms with Crippen LogP contribution in [0.4, 0.5) is 0 Å². The normalized spacial score (nSPS) is 15.9. The van der Waals surface area contributed by atoms with Crippen molar-refractivity contribution in [2.75, 3.05) is 12.8 Å². The first-order valence-electron chi connectivity index (χ1n) is 10.3. The van der Waals surface area contributed by atoms with Crippen LogP contribution in [0.25, 0.3) is 11.1 Å². The van der Waals surface area contributed by atoms with E-state index in [1.807, 2.05) is 54.6 Å². The fourth-order valence-electron chi connectivity index (χ4n) is 3.13. The molecule has 0 aliphatic rings. The molecule has 0 saturated heterocycles. The maximum atomic E-state index is 12.9. The molecular weight excluding hydrogens is 415 g/mol. The first-order valence-corrected chi connectivity index (χ1v) is 12.2. The second kappa shape index (κ2) is 11.2. The second-order valence-corrected chi connectivity index (χ2v) is 10.3. The summed E-state index contributed by atoms with van der Waals surface area (Å²) in [5.41, 5.74) is 8.61. The van der Waals surface area contributed by atoms with Crippen LogP contribution < -0.4 is 11.1 Å². The molecule has 8 heteroatoms. The van der Waals surface area contributed by atoms with Gasteiger partial charge in [0.2, 0.25) is 13.3 Å². The van der Waals surface area contributed by atoms with Gasteiger partial charge in [-0.3, -0.25) is 9.36 Å². The molecule has 0 aliphatic carbocycles. The van der Waals surface area contributed by atoms with Crippen LogP contribution in [-0.2, 0) is 25.3 Å². The van der Waals surface area contributed by atoms with Crippen LogP contribution in [0.1, 0.15) is 26.3 Å². The van der Waals surface area contributed by atoms with Gasteiger partial charge in [0.15, 0.2) is 0 Å². The molecule has 0 spiro atoms. The molecule has 2 rings (SSSR count). The van der Waals surface area contributed by atoms with Crippen LogP contribution in [0.5, 0.6) is 0 Å². The average Bonchev–Trinajstić information content (AvgIpc) is 2.74. The predicted molar refractivity (Wildman–Crippen MR) is 122 cm³/mol. The maximum Gasteiger partial charge on any atom is 0.328 e. The molecule has 0 aromatic heterocycles. The highest BCUT2D eigenvalue weighted by Crippen LogP contribution is 2.46. The van der Waals surface area contributed by atoms with E-state index in [9.17, 15) is 19.0 Å². The van der Waals surface area contributed by atoms with E-state index in [-0.39, 0.29) is 19.2 Å². The summed E-state index contributed by atoms with van der Waals surface area (Å²) in [7, 11) is -3.75. The zero-order valence-electron chi connectivity index (χ0n) is 18.2. The number of benzene rings is 2. The van der Waals surface area contributed by atoms with E-state index in [4.69, 9.17) is 10.5 Å². The molecule has 168 valence electrons. The Labute approximate surface area is 183 Å². The number of amides is 1. The van der Waals surface area contributed by atoms with Crippen LogP contribution in [0.3, 0.4) is 0 Å². The Kier molecular flexibility index (Phi) is 8.99. The van der Waals surface area contributed by atoms with Crippen molar-refractivity contribution in [1.82, 2.24) is 5.32 Å². The van der Waals surface area contributed by atoms with Crippen molar-refractivity contribution in [3.05, 3.63) is 60.2 Å². The van der Waals surface area contributed by atoms with Crippen molar-refractivity contribution >= 4 is 19.2 Å². The minimum atomic E-state index is -3.75. The first kappa shape index (κ1) is 24.8. The third-order valence-corrected chi connectivity index (χ3v) is 7.27. The van der Waals surface area contributed by atoms with Crippen LogP contribution in [0.2, 0.25) is 0 Å². The molecule has 4 atom stereocenters. The highest BCUT2D eigenvalue weighted by molar-refractivity contribution is 7.58. The zero-order valence-corrected chi connectivity index (χ0v) is 19.0. The molecular formula is C23H31N2O5P. The summed E-state index contributed by atoms with van der Waals surface area (Å²) >= 11 is 0. The fourth-order valence-corrected chi connectivity index (χ4v) is 4.39. The van der Waals surface area contributed by atoms with Crippen molar-refractivity contribution in [2.45, 2.75) is 39.0 Å². The first-order chi connectivity index (χ1) is 14.6. The molecule has 2 aromatic carbocycles. The van der Waals surface area contributed by atoms with Gasteiger partial charge in [-0.2, -0.15) is 0 Å². The Bertz CT molecular complexity index is 915. The number of nitrogens with one attached hydrogen (secondary N) is 1. The summed E-state index contributed by atoms with van der Waals surface area (Å²) in [6.45, 7) is 4.85. The van der Waals surface area contributed by atoms with E-state index < -0.39 is 37.0 Å². The standard InChI is InChI=1S/C23H31N2O5P/c1-4-30-23(27)16(2)25-22(26)21(15-31(28,29)17(3)24)14-18-10-12-20(13-11-18)19-8-6-5-7-9-19/h5-13,16-17,21H,4,14-15,24H2,1-3H3,(H,25,26)(H,28,29). The van der Waals surface area contributed by atoms with E-state index in [0.717, 1.165) is 16.7 Å². The molecule has 31 heavy (non-hydrogen) atoms. The van der Waals surface area contributed by atoms with Gasteiger partial charge in [-0.25, -0.2) is 4.79 Å². The number of rotatable bonds is 10. The van der Waals surface area contributed by atoms with E-state index in [1.54, 1.807) is 6.92 Å².